The van der Waals surface area contributed by atoms with Crippen molar-refractivity contribution in [3.8, 4) is 0 Å². The first kappa shape index (κ1) is 18.7. The van der Waals surface area contributed by atoms with Gasteiger partial charge in [0.25, 0.3) is 0 Å². The van der Waals surface area contributed by atoms with Crippen molar-refractivity contribution < 1.29 is 4.52 Å². The van der Waals surface area contributed by atoms with E-state index in [0.717, 1.165) is 60.6 Å². The van der Waals surface area contributed by atoms with Crippen LogP contribution in [0.25, 0.3) is 0 Å². The van der Waals surface area contributed by atoms with Gasteiger partial charge in [-0.2, -0.15) is 0 Å². The highest BCUT2D eigenvalue weighted by molar-refractivity contribution is 14.0. The van der Waals surface area contributed by atoms with Gasteiger partial charge in [-0.25, -0.2) is 4.99 Å². The number of aliphatic imine (C=N–C) groups is 1. The number of hydrogen-bond acceptors (Lipinski definition) is 5. The van der Waals surface area contributed by atoms with Crippen LogP contribution in [0.15, 0.2) is 9.52 Å². The number of aromatic nitrogens is 4. The van der Waals surface area contributed by atoms with E-state index in [-0.39, 0.29) is 24.0 Å². The third-order valence-electron chi connectivity index (χ3n) is 4.02. The van der Waals surface area contributed by atoms with Gasteiger partial charge in [0, 0.05) is 25.1 Å². The summed E-state index contributed by atoms with van der Waals surface area (Å²) in [5.74, 6) is 3.61. The number of aryl methyl sites for hydroxylation is 3. The molecule has 2 aromatic rings. The van der Waals surface area contributed by atoms with Gasteiger partial charge in [0.2, 0.25) is 0 Å². The van der Waals surface area contributed by atoms with Gasteiger partial charge in [-0.15, -0.1) is 34.2 Å². The molecule has 132 valence electrons. The molecule has 0 unspecified atom stereocenters. The largest absolute Gasteiger partial charge is 0.361 e. The van der Waals surface area contributed by atoms with Gasteiger partial charge in [-0.1, -0.05) is 5.16 Å². The van der Waals surface area contributed by atoms with Crippen molar-refractivity contribution in [2.45, 2.75) is 53.2 Å². The van der Waals surface area contributed by atoms with E-state index < -0.39 is 0 Å². The number of halogens is 1. The molecule has 0 aliphatic carbocycles. The van der Waals surface area contributed by atoms with Crippen molar-refractivity contribution in [2.75, 3.05) is 6.54 Å². The van der Waals surface area contributed by atoms with E-state index in [9.17, 15) is 0 Å². The van der Waals surface area contributed by atoms with Crippen molar-refractivity contribution in [1.82, 2.24) is 30.6 Å². The molecular weight excluding hydrogens is 421 g/mol. The lowest BCUT2D eigenvalue weighted by Crippen LogP contribution is -2.37. The first-order valence-corrected chi connectivity index (χ1v) is 8.04. The summed E-state index contributed by atoms with van der Waals surface area (Å²) in [6, 6.07) is 0. The molecule has 1 aliphatic rings. The molecule has 8 nitrogen and oxygen atoms in total. The van der Waals surface area contributed by atoms with E-state index in [1.807, 2.05) is 20.8 Å². The van der Waals surface area contributed by atoms with Crippen LogP contribution in [0.1, 0.15) is 42.0 Å². The maximum absolute atomic E-state index is 5.18. The minimum Gasteiger partial charge on any atom is -0.361 e. The quantitative estimate of drug-likeness (QED) is 0.414. The monoisotopic (exact) mass is 445 g/mol. The maximum atomic E-state index is 5.18. The second kappa shape index (κ2) is 8.45. The highest BCUT2D eigenvalue weighted by atomic mass is 127. The van der Waals surface area contributed by atoms with E-state index in [2.05, 4.69) is 35.5 Å². The fourth-order valence-electron chi connectivity index (χ4n) is 2.73. The lowest BCUT2D eigenvalue weighted by Gasteiger charge is -2.11. The first-order chi connectivity index (χ1) is 11.2. The fourth-order valence-corrected chi connectivity index (χ4v) is 2.73. The molecule has 0 bridgehead atoms. The Morgan fingerprint density at radius 3 is 2.83 bits per heavy atom. The summed E-state index contributed by atoms with van der Waals surface area (Å²) in [7, 11) is 0. The zero-order valence-corrected chi connectivity index (χ0v) is 16.6. The predicted octanol–water partition coefficient (Wildman–Crippen LogP) is 1.70. The second-order valence-electron chi connectivity index (χ2n) is 5.64. The average Bonchev–Trinajstić information content (AvgIpc) is 3.21. The summed E-state index contributed by atoms with van der Waals surface area (Å²) in [4.78, 5) is 4.61. The van der Waals surface area contributed by atoms with Crippen LogP contribution in [-0.2, 0) is 26.1 Å². The van der Waals surface area contributed by atoms with Crippen LogP contribution in [-0.4, -0.2) is 32.4 Å². The SMILES string of the molecule is CCNC(=NCc1c(C)noc1C)NCc1nnc2n1CCC2.I. The highest BCUT2D eigenvalue weighted by Gasteiger charge is 2.17. The number of guanidine groups is 1. The van der Waals surface area contributed by atoms with Gasteiger partial charge in [-0.05, 0) is 27.2 Å². The van der Waals surface area contributed by atoms with Crippen LogP contribution in [0.5, 0.6) is 0 Å². The van der Waals surface area contributed by atoms with Crippen molar-refractivity contribution >= 4 is 29.9 Å². The highest BCUT2D eigenvalue weighted by Crippen LogP contribution is 2.14. The van der Waals surface area contributed by atoms with Crippen molar-refractivity contribution in [3.63, 3.8) is 0 Å². The Kier molecular flexibility index (Phi) is 6.58. The summed E-state index contributed by atoms with van der Waals surface area (Å²) >= 11 is 0. The van der Waals surface area contributed by atoms with E-state index in [1.54, 1.807) is 0 Å². The van der Waals surface area contributed by atoms with Gasteiger partial charge >= 0.3 is 0 Å². The summed E-state index contributed by atoms with van der Waals surface area (Å²) in [5.41, 5.74) is 1.92. The molecule has 24 heavy (non-hydrogen) atoms. The van der Waals surface area contributed by atoms with Crippen LogP contribution in [0.3, 0.4) is 0 Å². The zero-order chi connectivity index (χ0) is 16.2. The molecule has 2 aromatic heterocycles. The fraction of sp³-hybridized carbons (Fsp3) is 0.600. The summed E-state index contributed by atoms with van der Waals surface area (Å²) < 4.78 is 7.36. The molecule has 0 spiro atoms. The van der Waals surface area contributed by atoms with Crippen LogP contribution in [0.4, 0.5) is 0 Å². The lowest BCUT2D eigenvalue weighted by molar-refractivity contribution is 0.392. The summed E-state index contributed by atoms with van der Waals surface area (Å²) in [6.45, 7) is 8.83. The molecule has 0 atom stereocenters. The molecule has 0 saturated heterocycles. The average molecular weight is 445 g/mol. The number of rotatable bonds is 5. The summed E-state index contributed by atoms with van der Waals surface area (Å²) in [5, 5.41) is 19.0. The van der Waals surface area contributed by atoms with Crippen molar-refractivity contribution in [2.24, 2.45) is 4.99 Å². The second-order valence-corrected chi connectivity index (χ2v) is 5.64. The third kappa shape index (κ3) is 4.05. The molecule has 2 N–H and O–H groups in total. The maximum Gasteiger partial charge on any atom is 0.191 e. The minimum absolute atomic E-state index is 0. The minimum atomic E-state index is 0. The van der Waals surface area contributed by atoms with Crippen molar-refractivity contribution in [1.29, 1.82) is 0 Å². The molecule has 0 aromatic carbocycles. The Labute approximate surface area is 158 Å². The van der Waals surface area contributed by atoms with E-state index in [1.165, 1.54) is 0 Å². The third-order valence-corrected chi connectivity index (χ3v) is 4.02. The van der Waals surface area contributed by atoms with E-state index in [4.69, 9.17) is 4.52 Å². The van der Waals surface area contributed by atoms with Gasteiger partial charge in [-0.3, -0.25) is 0 Å². The molecule has 0 fully saturated rings. The van der Waals surface area contributed by atoms with Gasteiger partial charge in [0.05, 0.1) is 18.8 Å². The van der Waals surface area contributed by atoms with Crippen LogP contribution < -0.4 is 10.6 Å². The van der Waals surface area contributed by atoms with Gasteiger partial charge < -0.3 is 19.7 Å². The standard InChI is InChI=1S/C15H23N7O.HI/c1-4-16-15(17-8-12-10(2)21-23-11(12)3)18-9-14-20-19-13-6-5-7-22(13)14;/h4-9H2,1-3H3,(H2,16,17,18);1H. The molecule has 3 rings (SSSR count). The number of nitrogens with one attached hydrogen (secondary N) is 2. The molecular formula is C15H24IN7O. The van der Waals surface area contributed by atoms with Crippen molar-refractivity contribution in [3.05, 3.63) is 28.7 Å². The topological polar surface area (TPSA) is 93.2 Å². The van der Waals surface area contributed by atoms with Crippen LogP contribution >= 0.6 is 24.0 Å². The number of fused-ring (bicyclic) bond motifs is 1. The van der Waals surface area contributed by atoms with E-state index in [0.29, 0.717) is 13.1 Å². The Morgan fingerprint density at radius 2 is 2.12 bits per heavy atom. The number of nitrogens with zero attached hydrogens (tertiary/aromatic N) is 5. The van der Waals surface area contributed by atoms with Gasteiger partial charge in [0.1, 0.15) is 11.6 Å². The molecule has 0 saturated carbocycles. The molecule has 0 radical (unpaired) electrons. The zero-order valence-electron chi connectivity index (χ0n) is 14.3. The van der Waals surface area contributed by atoms with Gasteiger partial charge in [0.15, 0.2) is 11.8 Å². The smallest absolute Gasteiger partial charge is 0.191 e. The number of hydrogen-bond donors (Lipinski definition) is 2. The lowest BCUT2D eigenvalue weighted by atomic mass is 10.2. The Hall–Kier alpha value is -1.65. The Bertz CT molecular complexity index is 687. The van der Waals surface area contributed by atoms with Crippen LogP contribution in [0, 0.1) is 13.8 Å². The molecule has 0 amide bonds. The first-order valence-electron chi connectivity index (χ1n) is 8.04. The molecule has 1 aliphatic heterocycles. The van der Waals surface area contributed by atoms with Crippen LogP contribution in [0.2, 0.25) is 0 Å². The normalized spacial score (nSPS) is 13.5. The molecule has 9 heteroatoms. The molecule has 3 heterocycles. The Balaban J connectivity index is 0.00000208. The van der Waals surface area contributed by atoms with E-state index >= 15 is 0 Å². The Morgan fingerprint density at radius 1 is 1.29 bits per heavy atom. The summed E-state index contributed by atoms with van der Waals surface area (Å²) in [6.07, 6.45) is 2.17. The predicted molar refractivity (Wildman–Crippen MR) is 101 cm³/mol.